The quantitative estimate of drug-likeness (QED) is 0.542. The van der Waals surface area contributed by atoms with Crippen molar-refractivity contribution in [2.75, 3.05) is 37.6 Å². The number of hydrogen-bond donors (Lipinski definition) is 0. The predicted octanol–water partition coefficient (Wildman–Crippen LogP) is 2.99. The lowest BCUT2D eigenvalue weighted by Crippen LogP contribution is -2.52. The van der Waals surface area contributed by atoms with Gasteiger partial charge in [0.05, 0.1) is 0 Å². The molecule has 8 nitrogen and oxygen atoms in total. The second kappa shape index (κ2) is 9.54. The highest BCUT2D eigenvalue weighted by Gasteiger charge is 2.37. The Bertz CT molecular complexity index is 1230. The molecule has 2 aliphatic rings. The molecule has 0 aliphatic carbocycles. The van der Waals surface area contributed by atoms with Crippen molar-refractivity contribution in [1.29, 1.82) is 0 Å². The monoisotopic (exact) mass is 478 g/mol. The van der Waals surface area contributed by atoms with Gasteiger partial charge in [-0.25, -0.2) is 13.4 Å². The van der Waals surface area contributed by atoms with Gasteiger partial charge in [-0.2, -0.15) is 4.31 Å². The predicted molar refractivity (Wildman–Crippen MR) is 128 cm³/mol. The van der Waals surface area contributed by atoms with Gasteiger partial charge in [0, 0.05) is 57.1 Å². The number of pyridine rings is 1. The van der Waals surface area contributed by atoms with Crippen LogP contribution in [0.3, 0.4) is 0 Å². The fraction of sp³-hybridized carbons (Fsp3) is 0.280. The number of aromatic nitrogens is 1. The molecule has 34 heavy (non-hydrogen) atoms. The van der Waals surface area contributed by atoms with Crippen molar-refractivity contribution in [2.45, 2.75) is 17.5 Å². The maximum Gasteiger partial charge on any atom is 0.260 e. The van der Waals surface area contributed by atoms with E-state index in [1.165, 1.54) is 16.6 Å². The van der Waals surface area contributed by atoms with Crippen LogP contribution in [0.25, 0.3) is 0 Å². The van der Waals surface area contributed by atoms with Gasteiger partial charge in [0.25, 0.3) is 10.0 Å². The minimum absolute atomic E-state index is 0.0625. The maximum atomic E-state index is 12.8. The van der Waals surface area contributed by atoms with Crippen molar-refractivity contribution in [2.24, 2.45) is 0 Å². The van der Waals surface area contributed by atoms with Crippen LogP contribution in [0, 0.1) is 0 Å². The Morgan fingerprint density at radius 1 is 0.824 bits per heavy atom. The van der Waals surface area contributed by atoms with Crippen LogP contribution in [0.15, 0.2) is 84.0 Å². The Morgan fingerprint density at radius 3 is 2.18 bits per heavy atom. The molecule has 176 valence electrons. The number of hydrogen-bond acceptors (Lipinski definition) is 6. The van der Waals surface area contributed by atoms with Crippen molar-refractivity contribution >= 4 is 21.6 Å². The second-order valence-corrected chi connectivity index (χ2v) is 10.3. The van der Waals surface area contributed by atoms with E-state index in [0.717, 1.165) is 11.4 Å². The van der Waals surface area contributed by atoms with Gasteiger partial charge in [-0.15, -0.1) is 0 Å². The molecule has 0 spiro atoms. The van der Waals surface area contributed by atoms with Gasteiger partial charge >= 0.3 is 0 Å². The summed E-state index contributed by atoms with van der Waals surface area (Å²) in [5.74, 6) is 1.55. The number of carbonyl (C=O) groups excluding carboxylic acids is 1. The molecule has 1 aromatic heterocycles. The summed E-state index contributed by atoms with van der Waals surface area (Å²) < 4.78 is 33.0. The van der Waals surface area contributed by atoms with Gasteiger partial charge in [-0.1, -0.05) is 24.3 Å². The standard InChI is InChI=1S/C25H26N4O4S/c30-25-18-21(27-14-16-28(17-15-27)34(31,32)24-8-4-5-13-26-24)19-29(25)20-9-11-23(12-10-20)33-22-6-2-1-3-7-22/h1-13,21H,14-19H2. The lowest BCUT2D eigenvalue weighted by atomic mass is 10.2. The summed E-state index contributed by atoms with van der Waals surface area (Å²) in [5.41, 5.74) is 0.837. The molecule has 1 unspecified atom stereocenters. The van der Waals surface area contributed by atoms with Gasteiger partial charge < -0.3 is 9.64 Å². The zero-order chi connectivity index (χ0) is 23.5. The summed E-state index contributed by atoms with van der Waals surface area (Å²) in [6, 6.07) is 22.0. The van der Waals surface area contributed by atoms with Crippen molar-refractivity contribution in [3.8, 4) is 11.5 Å². The molecule has 1 atom stereocenters. The topological polar surface area (TPSA) is 83.1 Å². The van der Waals surface area contributed by atoms with E-state index in [2.05, 4.69) is 9.88 Å². The highest BCUT2D eigenvalue weighted by atomic mass is 32.2. The molecule has 0 bridgehead atoms. The smallest absolute Gasteiger partial charge is 0.260 e. The van der Waals surface area contributed by atoms with Crippen LogP contribution in [-0.4, -0.2) is 67.3 Å². The molecule has 5 rings (SSSR count). The number of benzene rings is 2. The minimum atomic E-state index is -3.59. The first-order valence-electron chi connectivity index (χ1n) is 11.3. The van der Waals surface area contributed by atoms with E-state index in [9.17, 15) is 13.2 Å². The molecule has 3 heterocycles. The third-order valence-corrected chi connectivity index (χ3v) is 8.08. The van der Waals surface area contributed by atoms with E-state index in [-0.39, 0.29) is 17.0 Å². The van der Waals surface area contributed by atoms with E-state index < -0.39 is 10.0 Å². The molecule has 9 heteroatoms. The largest absolute Gasteiger partial charge is 0.457 e. The van der Waals surface area contributed by atoms with Gasteiger partial charge in [-0.3, -0.25) is 9.69 Å². The number of carbonyl (C=O) groups is 1. The SMILES string of the molecule is O=C1CC(N2CCN(S(=O)(=O)c3ccccn3)CC2)CN1c1ccc(Oc2ccccc2)cc1. The third-order valence-electron chi connectivity index (χ3n) is 6.26. The van der Waals surface area contributed by atoms with Crippen molar-refractivity contribution in [3.63, 3.8) is 0 Å². The molecule has 1 amide bonds. The first-order chi connectivity index (χ1) is 16.5. The number of para-hydroxylation sites is 1. The zero-order valence-electron chi connectivity index (χ0n) is 18.7. The molecule has 3 aromatic rings. The highest BCUT2D eigenvalue weighted by molar-refractivity contribution is 7.89. The number of amides is 1. The number of rotatable bonds is 6. The number of ether oxygens (including phenoxy) is 1. The second-order valence-electron chi connectivity index (χ2n) is 8.38. The molecule has 0 saturated carbocycles. The van der Waals surface area contributed by atoms with Crippen LogP contribution in [-0.2, 0) is 14.8 Å². The van der Waals surface area contributed by atoms with E-state index in [1.54, 1.807) is 17.0 Å². The molecular formula is C25H26N4O4S. The van der Waals surface area contributed by atoms with Crippen molar-refractivity contribution < 1.29 is 17.9 Å². The lowest BCUT2D eigenvalue weighted by molar-refractivity contribution is -0.117. The van der Waals surface area contributed by atoms with Crippen LogP contribution in [0.5, 0.6) is 11.5 Å². The zero-order valence-corrected chi connectivity index (χ0v) is 19.5. The summed E-state index contributed by atoms with van der Waals surface area (Å²) in [5, 5.41) is 0.0744. The molecule has 2 aromatic carbocycles. The van der Waals surface area contributed by atoms with Gasteiger partial charge in [0.1, 0.15) is 11.5 Å². The third kappa shape index (κ3) is 4.68. The van der Waals surface area contributed by atoms with Crippen LogP contribution in [0.2, 0.25) is 0 Å². The summed E-state index contributed by atoms with van der Waals surface area (Å²) >= 11 is 0. The average molecular weight is 479 g/mol. The average Bonchev–Trinajstić information content (AvgIpc) is 3.27. The summed E-state index contributed by atoms with van der Waals surface area (Å²) in [6.07, 6.45) is 1.91. The summed E-state index contributed by atoms with van der Waals surface area (Å²) in [4.78, 5) is 20.8. The van der Waals surface area contributed by atoms with E-state index in [0.29, 0.717) is 44.9 Å². The first-order valence-corrected chi connectivity index (χ1v) is 12.7. The number of sulfonamides is 1. The van der Waals surface area contributed by atoms with Crippen molar-refractivity contribution in [1.82, 2.24) is 14.2 Å². The fourth-order valence-corrected chi connectivity index (χ4v) is 5.80. The van der Waals surface area contributed by atoms with Gasteiger partial charge in [-0.05, 0) is 48.5 Å². The molecule has 0 N–H and O–H groups in total. The van der Waals surface area contributed by atoms with E-state index in [1.807, 2.05) is 54.6 Å². The van der Waals surface area contributed by atoms with Crippen molar-refractivity contribution in [3.05, 3.63) is 79.0 Å². The Hall–Kier alpha value is -3.27. The van der Waals surface area contributed by atoms with E-state index in [4.69, 9.17) is 4.74 Å². The molecular weight excluding hydrogens is 452 g/mol. The van der Waals surface area contributed by atoms with Crippen LogP contribution >= 0.6 is 0 Å². The van der Waals surface area contributed by atoms with Crippen LogP contribution < -0.4 is 9.64 Å². The number of anilines is 1. The van der Waals surface area contributed by atoms with Gasteiger partial charge in [0.15, 0.2) is 5.03 Å². The maximum absolute atomic E-state index is 12.8. The molecule has 2 saturated heterocycles. The molecule has 2 aliphatic heterocycles. The number of piperazine rings is 1. The Morgan fingerprint density at radius 2 is 1.50 bits per heavy atom. The van der Waals surface area contributed by atoms with Gasteiger partial charge in [0.2, 0.25) is 5.91 Å². The Balaban J connectivity index is 1.19. The summed E-state index contributed by atoms with van der Waals surface area (Å²) in [7, 11) is -3.59. The molecule has 0 radical (unpaired) electrons. The summed E-state index contributed by atoms with van der Waals surface area (Å²) in [6.45, 7) is 2.53. The fourth-order valence-electron chi connectivity index (χ4n) is 4.44. The Kier molecular flexibility index (Phi) is 6.32. The highest BCUT2D eigenvalue weighted by Crippen LogP contribution is 2.29. The lowest BCUT2D eigenvalue weighted by Gasteiger charge is -2.36. The number of nitrogens with zero attached hydrogens (tertiary/aromatic N) is 4. The van der Waals surface area contributed by atoms with Crippen LogP contribution in [0.1, 0.15) is 6.42 Å². The normalized spacial score (nSPS) is 19.9. The van der Waals surface area contributed by atoms with Crippen LogP contribution in [0.4, 0.5) is 5.69 Å². The first kappa shape index (κ1) is 22.5. The van der Waals surface area contributed by atoms with E-state index >= 15 is 0 Å². The minimum Gasteiger partial charge on any atom is -0.457 e. The Labute approximate surface area is 199 Å². The molecule has 2 fully saturated rings.